The van der Waals surface area contributed by atoms with E-state index in [-0.39, 0.29) is 11.4 Å². The monoisotopic (exact) mass is 376 g/mol. The molecule has 5 rings (SSSR count). The lowest BCUT2D eigenvalue weighted by Crippen LogP contribution is -2.46. The van der Waals surface area contributed by atoms with E-state index >= 15 is 0 Å². The molecule has 1 aromatic carbocycles. The van der Waals surface area contributed by atoms with E-state index in [1.807, 2.05) is 65.6 Å². The van der Waals surface area contributed by atoms with Gasteiger partial charge in [-0.3, -0.25) is 4.68 Å². The first-order valence-electron chi connectivity index (χ1n) is 9.81. The number of piperidine rings is 1. The van der Waals surface area contributed by atoms with Crippen molar-refractivity contribution in [3.05, 3.63) is 54.7 Å². The fraction of sp³-hybridized carbons (Fsp3) is 0.381. The van der Waals surface area contributed by atoms with Gasteiger partial charge in [-0.1, -0.05) is 18.2 Å². The third-order valence-electron chi connectivity index (χ3n) is 6.18. The van der Waals surface area contributed by atoms with Crippen molar-refractivity contribution in [2.75, 3.05) is 18.4 Å². The van der Waals surface area contributed by atoms with E-state index in [1.165, 1.54) is 5.82 Å². The van der Waals surface area contributed by atoms with Crippen molar-refractivity contribution in [1.82, 2.24) is 24.2 Å². The number of fused-ring (bicyclic) bond motifs is 2. The van der Waals surface area contributed by atoms with Crippen molar-refractivity contribution < 1.29 is 4.79 Å². The number of hydrogen-bond donors (Lipinski definition) is 1. The van der Waals surface area contributed by atoms with Gasteiger partial charge in [0.2, 0.25) is 0 Å². The van der Waals surface area contributed by atoms with Crippen LogP contribution in [0.4, 0.5) is 10.5 Å². The Morgan fingerprint density at radius 3 is 2.54 bits per heavy atom. The average Bonchev–Trinajstić information content (AvgIpc) is 3.41. The van der Waals surface area contributed by atoms with Crippen LogP contribution in [-0.2, 0) is 19.0 Å². The number of aromatic nitrogens is 4. The lowest BCUT2D eigenvalue weighted by molar-refractivity contribution is 0.166. The van der Waals surface area contributed by atoms with Crippen molar-refractivity contribution in [1.29, 1.82) is 0 Å². The molecular weight excluding hydrogens is 352 g/mol. The molecule has 2 amide bonds. The number of nitrogens with one attached hydrogen (secondary N) is 1. The van der Waals surface area contributed by atoms with Crippen molar-refractivity contribution in [2.24, 2.45) is 7.05 Å². The summed E-state index contributed by atoms with van der Waals surface area (Å²) in [4.78, 5) is 19.3. The number of urea groups is 1. The van der Waals surface area contributed by atoms with E-state index in [9.17, 15) is 4.79 Å². The average molecular weight is 376 g/mol. The van der Waals surface area contributed by atoms with Crippen LogP contribution >= 0.6 is 0 Å². The van der Waals surface area contributed by atoms with E-state index in [1.54, 1.807) is 0 Å². The molecule has 1 N–H and O–H groups in total. The summed E-state index contributed by atoms with van der Waals surface area (Å²) in [5.74, 6) is 1.18. The minimum Gasteiger partial charge on any atom is -0.327 e. The number of hydrogen-bond acceptors (Lipinski definition) is 3. The minimum atomic E-state index is -0.0153. The molecule has 0 atom stereocenters. The van der Waals surface area contributed by atoms with Crippen LogP contribution in [0.1, 0.15) is 25.1 Å². The second kappa shape index (κ2) is 6.51. The minimum absolute atomic E-state index is 0.0153. The van der Waals surface area contributed by atoms with Gasteiger partial charge in [0.1, 0.15) is 5.82 Å². The van der Waals surface area contributed by atoms with E-state index in [4.69, 9.17) is 4.98 Å². The number of rotatable bonds is 2. The standard InChI is InChI=1S/C21H24N6O/c1-25-15-16(13-23-25)18-14-22-19-21(9-12-27(18)19)7-10-26(11-8-21)20(28)24-17-5-3-2-4-6-17/h2-6,13-15H,7-12H2,1H3,(H,24,28). The molecule has 0 saturated carbocycles. The summed E-state index contributed by atoms with van der Waals surface area (Å²) in [5.41, 5.74) is 3.18. The Hall–Kier alpha value is -3.09. The highest BCUT2D eigenvalue weighted by Crippen LogP contribution is 2.44. The van der Waals surface area contributed by atoms with Crippen LogP contribution < -0.4 is 5.32 Å². The maximum atomic E-state index is 12.6. The molecule has 7 heteroatoms. The number of amides is 2. The van der Waals surface area contributed by atoms with Crippen LogP contribution in [0, 0.1) is 0 Å². The number of anilines is 1. The van der Waals surface area contributed by atoms with Gasteiger partial charge in [0.05, 0.1) is 18.1 Å². The summed E-state index contributed by atoms with van der Waals surface area (Å²) in [5, 5.41) is 7.28. The number of carbonyl (C=O) groups excluding carboxylic acids is 1. The van der Waals surface area contributed by atoms with Crippen molar-refractivity contribution >= 4 is 11.7 Å². The molecule has 7 nitrogen and oxygen atoms in total. The SMILES string of the molecule is Cn1cc(-c2cnc3n2CCC32CCN(C(=O)Nc3ccccc3)CC2)cn1. The lowest BCUT2D eigenvalue weighted by Gasteiger charge is -2.38. The summed E-state index contributed by atoms with van der Waals surface area (Å²) in [6.45, 7) is 2.50. The molecular formula is C21H24N6O. The molecule has 0 aliphatic carbocycles. The second-order valence-corrected chi connectivity index (χ2v) is 7.83. The number of benzene rings is 1. The van der Waals surface area contributed by atoms with Crippen LogP contribution in [0.5, 0.6) is 0 Å². The molecule has 0 radical (unpaired) electrons. The van der Waals surface area contributed by atoms with Gasteiger partial charge in [-0.05, 0) is 31.4 Å². The molecule has 4 heterocycles. The Labute approximate surface area is 164 Å². The van der Waals surface area contributed by atoms with Gasteiger partial charge in [-0.25, -0.2) is 9.78 Å². The van der Waals surface area contributed by atoms with Crippen LogP contribution in [0.15, 0.2) is 48.9 Å². The summed E-state index contributed by atoms with van der Waals surface area (Å²) in [6, 6.07) is 9.62. The Kier molecular flexibility index (Phi) is 3.96. The molecule has 1 spiro atoms. The quantitative estimate of drug-likeness (QED) is 0.746. The van der Waals surface area contributed by atoms with Gasteiger partial charge < -0.3 is 14.8 Å². The second-order valence-electron chi connectivity index (χ2n) is 7.83. The maximum absolute atomic E-state index is 12.6. The predicted molar refractivity (Wildman–Crippen MR) is 107 cm³/mol. The molecule has 1 fully saturated rings. The Balaban J connectivity index is 1.30. The molecule has 1 saturated heterocycles. The molecule has 144 valence electrons. The van der Waals surface area contributed by atoms with Crippen molar-refractivity contribution in [2.45, 2.75) is 31.2 Å². The maximum Gasteiger partial charge on any atom is 0.321 e. The largest absolute Gasteiger partial charge is 0.327 e. The molecule has 2 aliphatic heterocycles. The predicted octanol–water partition coefficient (Wildman–Crippen LogP) is 3.25. The normalized spacial score (nSPS) is 17.7. The first kappa shape index (κ1) is 17.0. The Morgan fingerprint density at radius 2 is 1.82 bits per heavy atom. The first-order chi connectivity index (χ1) is 13.6. The zero-order chi connectivity index (χ0) is 19.1. The topological polar surface area (TPSA) is 68.0 Å². The van der Waals surface area contributed by atoms with Crippen LogP contribution in [0.25, 0.3) is 11.3 Å². The summed E-state index contributed by atoms with van der Waals surface area (Å²) in [7, 11) is 1.93. The molecule has 0 unspecified atom stereocenters. The number of imidazole rings is 1. The molecule has 3 aromatic rings. The Bertz CT molecular complexity index is 997. The van der Waals surface area contributed by atoms with Gasteiger partial charge in [-0.15, -0.1) is 0 Å². The zero-order valence-corrected chi connectivity index (χ0v) is 16.0. The van der Waals surface area contributed by atoms with Gasteiger partial charge in [0.25, 0.3) is 0 Å². The van der Waals surface area contributed by atoms with Gasteiger partial charge in [0.15, 0.2) is 0 Å². The smallest absolute Gasteiger partial charge is 0.321 e. The molecule has 2 aromatic heterocycles. The first-order valence-corrected chi connectivity index (χ1v) is 9.81. The summed E-state index contributed by atoms with van der Waals surface area (Å²) >= 11 is 0. The van der Waals surface area contributed by atoms with Crippen molar-refractivity contribution in [3.63, 3.8) is 0 Å². The highest BCUT2D eigenvalue weighted by Gasteiger charge is 2.44. The number of likely N-dealkylation sites (tertiary alicyclic amines) is 1. The molecule has 28 heavy (non-hydrogen) atoms. The van der Waals surface area contributed by atoms with Gasteiger partial charge in [0, 0.05) is 49.5 Å². The number of nitrogens with zero attached hydrogens (tertiary/aromatic N) is 5. The summed E-state index contributed by atoms with van der Waals surface area (Å²) in [6.07, 6.45) is 8.91. The van der Waals surface area contributed by atoms with Crippen LogP contribution in [-0.4, -0.2) is 43.4 Å². The Morgan fingerprint density at radius 1 is 1.07 bits per heavy atom. The van der Waals surface area contributed by atoms with Crippen LogP contribution in [0.3, 0.4) is 0 Å². The number of aryl methyl sites for hydroxylation is 1. The molecule has 0 bridgehead atoms. The van der Waals surface area contributed by atoms with E-state index < -0.39 is 0 Å². The van der Waals surface area contributed by atoms with Gasteiger partial charge in [-0.2, -0.15) is 5.10 Å². The fourth-order valence-corrected chi connectivity index (χ4v) is 4.58. The van der Waals surface area contributed by atoms with E-state index in [0.717, 1.165) is 55.8 Å². The van der Waals surface area contributed by atoms with E-state index in [2.05, 4.69) is 15.0 Å². The highest BCUT2D eigenvalue weighted by atomic mass is 16.2. The summed E-state index contributed by atoms with van der Waals surface area (Å²) < 4.78 is 4.17. The fourth-order valence-electron chi connectivity index (χ4n) is 4.58. The third-order valence-corrected chi connectivity index (χ3v) is 6.18. The number of para-hydroxylation sites is 1. The van der Waals surface area contributed by atoms with E-state index in [0.29, 0.717) is 0 Å². The highest BCUT2D eigenvalue weighted by molar-refractivity contribution is 5.89. The third kappa shape index (κ3) is 2.78. The molecule has 2 aliphatic rings. The lowest BCUT2D eigenvalue weighted by atomic mass is 9.77. The zero-order valence-electron chi connectivity index (χ0n) is 16.0. The van der Waals surface area contributed by atoms with Gasteiger partial charge >= 0.3 is 6.03 Å². The van der Waals surface area contributed by atoms with Crippen LogP contribution in [0.2, 0.25) is 0 Å². The van der Waals surface area contributed by atoms with Crippen molar-refractivity contribution in [3.8, 4) is 11.3 Å². The number of carbonyl (C=O) groups is 1.